The number of nitrogens with one attached hydrogen (secondary N) is 1. The molecule has 6 heteroatoms. The van der Waals surface area contributed by atoms with Gasteiger partial charge < -0.3 is 15.2 Å². The van der Waals surface area contributed by atoms with Gasteiger partial charge in [-0.25, -0.2) is 4.98 Å². The third-order valence-corrected chi connectivity index (χ3v) is 4.82. The number of hydrogen-bond acceptors (Lipinski definition) is 5. The highest BCUT2D eigenvalue weighted by molar-refractivity contribution is 7.13. The van der Waals surface area contributed by atoms with Crippen LogP contribution in [0.15, 0.2) is 5.38 Å². The number of carboxylic acid groups (broad SMARTS) is 1. The molecule has 5 nitrogen and oxygen atoms in total. The lowest BCUT2D eigenvalue weighted by Crippen LogP contribution is -2.43. The summed E-state index contributed by atoms with van der Waals surface area (Å²) in [5.74, 6) is -0.844. The second-order valence-corrected chi connectivity index (χ2v) is 6.15. The summed E-state index contributed by atoms with van der Waals surface area (Å²) in [5, 5.41) is 14.8. The van der Waals surface area contributed by atoms with Crippen molar-refractivity contribution in [3.8, 4) is 0 Å². The molecule has 0 amide bonds. The summed E-state index contributed by atoms with van der Waals surface area (Å²) < 4.78 is 5.95. The Morgan fingerprint density at radius 1 is 1.60 bits per heavy atom. The third kappa shape index (κ3) is 3.70. The fraction of sp³-hybridized carbons (Fsp3) is 0.714. The van der Waals surface area contributed by atoms with Gasteiger partial charge in [0.05, 0.1) is 17.7 Å². The van der Waals surface area contributed by atoms with Gasteiger partial charge in [-0.3, -0.25) is 4.79 Å². The monoisotopic (exact) mass is 298 g/mol. The first-order chi connectivity index (χ1) is 9.57. The minimum atomic E-state index is -0.844. The smallest absolute Gasteiger partial charge is 0.309 e. The summed E-state index contributed by atoms with van der Waals surface area (Å²) in [6, 6.07) is 0.354. The van der Waals surface area contributed by atoms with Gasteiger partial charge in [0.15, 0.2) is 5.13 Å². The molecule has 1 aliphatic rings. The van der Waals surface area contributed by atoms with Crippen molar-refractivity contribution >= 4 is 22.4 Å². The molecular weight excluding hydrogens is 276 g/mol. The van der Waals surface area contributed by atoms with E-state index in [1.165, 1.54) is 11.3 Å². The van der Waals surface area contributed by atoms with Crippen LogP contribution in [-0.2, 0) is 16.0 Å². The number of aromatic nitrogens is 1. The molecule has 1 saturated heterocycles. The standard InChI is InChI=1S/C14H22N2O3S/c1-3-14(4-2)8-10(5-6-19-14)15-13-16-11(9-20-13)7-12(17)18/h9-10H,3-8H2,1-2H3,(H,15,16)(H,17,18). The van der Waals surface area contributed by atoms with Crippen LogP contribution in [0.25, 0.3) is 0 Å². The fourth-order valence-electron chi connectivity index (χ4n) is 2.68. The molecule has 0 saturated carbocycles. The Bertz CT molecular complexity index is 457. The van der Waals surface area contributed by atoms with E-state index in [2.05, 4.69) is 24.1 Å². The Balaban J connectivity index is 1.95. The van der Waals surface area contributed by atoms with E-state index in [1.54, 1.807) is 0 Å². The zero-order valence-electron chi connectivity index (χ0n) is 12.0. The lowest BCUT2D eigenvalue weighted by molar-refractivity contribution is -0.136. The number of anilines is 1. The maximum atomic E-state index is 10.7. The van der Waals surface area contributed by atoms with E-state index in [0.717, 1.165) is 37.4 Å². The van der Waals surface area contributed by atoms with Crippen molar-refractivity contribution in [2.24, 2.45) is 0 Å². The summed E-state index contributed by atoms with van der Waals surface area (Å²) in [5.41, 5.74) is 0.603. The maximum Gasteiger partial charge on any atom is 0.309 e. The molecule has 1 aliphatic heterocycles. The minimum absolute atomic E-state index is 0.0141. The predicted molar refractivity (Wildman–Crippen MR) is 79.4 cm³/mol. The summed E-state index contributed by atoms with van der Waals surface area (Å²) in [6.07, 6.45) is 3.97. The highest BCUT2D eigenvalue weighted by Crippen LogP contribution is 2.33. The zero-order valence-corrected chi connectivity index (χ0v) is 12.8. The molecule has 1 aromatic heterocycles. The lowest BCUT2D eigenvalue weighted by Gasteiger charge is -2.40. The van der Waals surface area contributed by atoms with Gasteiger partial charge in [0.2, 0.25) is 0 Å². The topological polar surface area (TPSA) is 71.5 Å². The van der Waals surface area contributed by atoms with Crippen molar-refractivity contribution in [3.63, 3.8) is 0 Å². The molecule has 0 bridgehead atoms. The van der Waals surface area contributed by atoms with Crippen LogP contribution < -0.4 is 5.32 Å². The van der Waals surface area contributed by atoms with E-state index in [9.17, 15) is 4.79 Å². The van der Waals surface area contributed by atoms with Crippen LogP contribution in [0.2, 0.25) is 0 Å². The zero-order chi connectivity index (χ0) is 14.6. The number of carboxylic acids is 1. The van der Waals surface area contributed by atoms with E-state index in [-0.39, 0.29) is 12.0 Å². The molecule has 2 heterocycles. The average Bonchev–Trinajstić information content (AvgIpc) is 2.85. The molecule has 112 valence electrons. The first kappa shape index (κ1) is 15.3. The Labute approximate surface area is 123 Å². The van der Waals surface area contributed by atoms with E-state index >= 15 is 0 Å². The molecule has 2 rings (SSSR count). The van der Waals surface area contributed by atoms with Crippen LogP contribution >= 0.6 is 11.3 Å². The molecule has 0 spiro atoms. The molecule has 1 atom stereocenters. The molecule has 2 N–H and O–H groups in total. The summed E-state index contributed by atoms with van der Waals surface area (Å²) in [7, 11) is 0. The molecule has 1 aromatic rings. The third-order valence-electron chi connectivity index (χ3n) is 3.99. The SMILES string of the molecule is CCC1(CC)CC(Nc2nc(CC(=O)O)cs2)CCO1. The van der Waals surface area contributed by atoms with Crippen molar-refractivity contribution in [1.29, 1.82) is 0 Å². The molecule has 0 radical (unpaired) electrons. The summed E-state index contributed by atoms with van der Waals surface area (Å²) in [6.45, 7) is 5.10. The van der Waals surface area contributed by atoms with Crippen molar-refractivity contribution in [3.05, 3.63) is 11.1 Å². The molecule has 0 aliphatic carbocycles. The minimum Gasteiger partial charge on any atom is -0.481 e. The predicted octanol–water partition coefficient (Wildman–Crippen LogP) is 2.92. The number of nitrogens with zero attached hydrogens (tertiary/aromatic N) is 1. The van der Waals surface area contributed by atoms with Crippen LogP contribution in [0.5, 0.6) is 0 Å². The van der Waals surface area contributed by atoms with Gasteiger partial charge >= 0.3 is 5.97 Å². The highest BCUT2D eigenvalue weighted by Gasteiger charge is 2.34. The Morgan fingerprint density at radius 3 is 3.00 bits per heavy atom. The van der Waals surface area contributed by atoms with Crippen LogP contribution in [-0.4, -0.2) is 34.3 Å². The van der Waals surface area contributed by atoms with Crippen LogP contribution in [0, 0.1) is 0 Å². The quantitative estimate of drug-likeness (QED) is 0.845. The van der Waals surface area contributed by atoms with E-state index in [4.69, 9.17) is 9.84 Å². The van der Waals surface area contributed by atoms with Crippen molar-refractivity contribution in [2.45, 2.75) is 57.6 Å². The number of hydrogen-bond donors (Lipinski definition) is 2. The van der Waals surface area contributed by atoms with Gasteiger partial charge in [0.25, 0.3) is 0 Å². The first-order valence-electron chi connectivity index (χ1n) is 7.13. The van der Waals surface area contributed by atoms with E-state index < -0.39 is 5.97 Å². The Kier molecular flexibility index (Phi) is 4.99. The summed E-state index contributed by atoms with van der Waals surface area (Å²) in [4.78, 5) is 15.0. The first-order valence-corrected chi connectivity index (χ1v) is 8.01. The van der Waals surface area contributed by atoms with Crippen LogP contribution in [0.1, 0.15) is 45.2 Å². The largest absolute Gasteiger partial charge is 0.481 e. The van der Waals surface area contributed by atoms with Gasteiger partial charge in [-0.15, -0.1) is 11.3 Å². The molecule has 0 aromatic carbocycles. The Morgan fingerprint density at radius 2 is 2.35 bits per heavy atom. The molecular formula is C14H22N2O3S. The molecule has 20 heavy (non-hydrogen) atoms. The van der Waals surface area contributed by atoms with Crippen LogP contribution in [0.4, 0.5) is 5.13 Å². The van der Waals surface area contributed by atoms with Crippen LogP contribution in [0.3, 0.4) is 0 Å². The van der Waals surface area contributed by atoms with Crippen molar-refractivity contribution < 1.29 is 14.6 Å². The molecule has 1 unspecified atom stereocenters. The number of aliphatic carboxylic acids is 1. The van der Waals surface area contributed by atoms with E-state index in [1.807, 2.05) is 5.38 Å². The average molecular weight is 298 g/mol. The van der Waals surface area contributed by atoms with Gasteiger partial charge in [0, 0.05) is 18.0 Å². The number of ether oxygens (including phenoxy) is 1. The van der Waals surface area contributed by atoms with Crippen molar-refractivity contribution in [2.75, 3.05) is 11.9 Å². The van der Waals surface area contributed by atoms with Gasteiger partial charge in [0.1, 0.15) is 0 Å². The number of rotatable bonds is 6. The molecule has 1 fully saturated rings. The second kappa shape index (κ2) is 6.54. The number of carbonyl (C=O) groups is 1. The second-order valence-electron chi connectivity index (χ2n) is 5.29. The lowest BCUT2D eigenvalue weighted by atomic mass is 9.86. The van der Waals surface area contributed by atoms with E-state index in [0.29, 0.717) is 11.7 Å². The number of thiazole rings is 1. The highest BCUT2D eigenvalue weighted by atomic mass is 32.1. The van der Waals surface area contributed by atoms with Gasteiger partial charge in [-0.05, 0) is 25.7 Å². The summed E-state index contributed by atoms with van der Waals surface area (Å²) >= 11 is 1.47. The van der Waals surface area contributed by atoms with Gasteiger partial charge in [-0.2, -0.15) is 0 Å². The Hall–Kier alpha value is -1.14. The normalized spacial score (nSPS) is 21.6. The fourth-order valence-corrected chi connectivity index (χ4v) is 3.47. The maximum absolute atomic E-state index is 10.7. The van der Waals surface area contributed by atoms with Crippen molar-refractivity contribution in [1.82, 2.24) is 4.98 Å². The van der Waals surface area contributed by atoms with Gasteiger partial charge in [-0.1, -0.05) is 13.8 Å².